The molecule has 2 atom stereocenters. The Labute approximate surface area is 105 Å². The predicted octanol–water partition coefficient (Wildman–Crippen LogP) is 0.965. The third-order valence-corrected chi connectivity index (χ3v) is 2.97. The first-order chi connectivity index (χ1) is 8.68. The predicted molar refractivity (Wildman–Crippen MR) is 63.9 cm³/mol. The second-order valence-corrected chi connectivity index (χ2v) is 4.25. The van der Waals surface area contributed by atoms with E-state index in [4.69, 9.17) is 4.74 Å². The van der Waals surface area contributed by atoms with E-state index in [9.17, 15) is 14.7 Å². The molecule has 1 amide bonds. The molecule has 0 spiro atoms. The number of carbonyl (C=O) groups is 2. The first kappa shape index (κ1) is 12.6. The van der Waals surface area contributed by atoms with Crippen molar-refractivity contribution in [2.24, 2.45) is 5.92 Å². The molecule has 2 rings (SSSR count). The van der Waals surface area contributed by atoms with Crippen molar-refractivity contribution in [1.82, 2.24) is 5.32 Å². The van der Waals surface area contributed by atoms with Crippen LogP contribution >= 0.6 is 0 Å². The minimum absolute atomic E-state index is 0.240. The number of ether oxygens (including phenoxy) is 1. The summed E-state index contributed by atoms with van der Waals surface area (Å²) in [5, 5.41) is 11.7. The molecular formula is C13H15NO4. The zero-order valence-electron chi connectivity index (χ0n) is 9.83. The third kappa shape index (κ3) is 2.87. The molecule has 1 aliphatic rings. The Bertz CT molecular complexity index is 426. The number of carboxylic acids is 1. The highest BCUT2D eigenvalue weighted by Gasteiger charge is 2.28. The molecule has 0 saturated carbocycles. The number of aliphatic carboxylic acids is 1. The van der Waals surface area contributed by atoms with E-state index in [-0.39, 0.29) is 11.8 Å². The van der Waals surface area contributed by atoms with Crippen molar-refractivity contribution in [3.8, 4) is 0 Å². The van der Waals surface area contributed by atoms with Crippen molar-refractivity contribution in [2.75, 3.05) is 13.2 Å². The Morgan fingerprint density at radius 3 is 2.61 bits per heavy atom. The lowest BCUT2D eigenvalue weighted by Gasteiger charge is -2.17. The normalized spacial score (nSPS) is 20.3. The number of hydrogen-bond acceptors (Lipinski definition) is 3. The molecule has 1 fully saturated rings. The number of carbonyl (C=O) groups excluding carboxylic acids is 1. The van der Waals surface area contributed by atoms with Gasteiger partial charge in [-0.25, -0.2) is 4.79 Å². The van der Waals surface area contributed by atoms with Crippen molar-refractivity contribution in [1.29, 1.82) is 0 Å². The van der Waals surface area contributed by atoms with Crippen molar-refractivity contribution in [3.63, 3.8) is 0 Å². The topological polar surface area (TPSA) is 75.6 Å². The van der Waals surface area contributed by atoms with E-state index < -0.39 is 12.0 Å². The van der Waals surface area contributed by atoms with Crippen LogP contribution in [-0.2, 0) is 14.3 Å². The zero-order valence-corrected chi connectivity index (χ0v) is 9.83. The Morgan fingerprint density at radius 1 is 1.33 bits per heavy atom. The van der Waals surface area contributed by atoms with Gasteiger partial charge in [0.15, 0.2) is 6.04 Å². The molecule has 5 nitrogen and oxygen atoms in total. The van der Waals surface area contributed by atoms with Crippen LogP contribution in [0.5, 0.6) is 0 Å². The van der Waals surface area contributed by atoms with Gasteiger partial charge >= 0.3 is 5.97 Å². The third-order valence-electron chi connectivity index (χ3n) is 2.97. The van der Waals surface area contributed by atoms with Crippen molar-refractivity contribution in [3.05, 3.63) is 35.9 Å². The number of carboxylic acid groups (broad SMARTS) is 1. The number of amides is 1. The maximum Gasteiger partial charge on any atom is 0.330 e. The van der Waals surface area contributed by atoms with Gasteiger partial charge in [-0.1, -0.05) is 30.3 Å². The monoisotopic (exact) mass is 249 g/mol. The average molecular weight is 249 g/mol. The summed E-state index contributed by atoms with van der Waals surface area (Å²) in [5.41, 5.74) is 0.567. The Balaban J connectivity index is 2.07. The first-order valence-electron chi connectivity index (χ1n) is 5.84. The van der Waals surface area contributed by atoms with Crippen molar-refractivity contribution in [2.45, 2.75) is 12.5 Å². The lowest BCUT2D eigenvalue weighted by atomic mass is 10.0. The summed E-state index contributed by atoms with van der Waals surface area (Å²) in [6, 6.07) is 7.66. The quantitative estimate of drug-likeness (QED) is 0.833. The highest BCUT2D eigenvalue weighted by molar-refractivity contribution is 5.86. The van der Waals surface area contributed by atoms with Gasteiger partial charge in [0.2, 0.25) is 5.91 Å². The Hall–Kier alpha value is -1.88. The van der Waals surface area contributed by atoms with Gasteiger partial charge in [-0.15, -0.1) is 0 Å². The van der Waals surface area contributed by atoms with E-state index in [0.29, 0.717) is 25.2 Å². The maximum atomic E-state index is 11.9. The smallest absolute Gasteiger partial charge is 0.330 e. The van der Waals surface area contributed by atoms with Crippen LogP contribution in [0.3, 0.4) is 0 Å². The largest absolute Gasteiger partial charge is 0.479 e. The summed E-state index contributed by atoms with van der Waals surface area (Å²) >= 11 is 0. The van der Waals surface area contributed by atoms with E-state index in [0.717, 1.165) is 0 Å². The molecule has 2 unspecified atom stereocenters. The highest BCUT2D eigenvalue weighted by Crippen LogP contribution is 2.17. The van der Waals surface area contributed by atoms with Gasteiger partial charge in [-0.05, 0) is 12.0 Å². The molecule has 1 heterocycles. The van der Waals surface area contributed by atoms with Gasteiger partial charge in [0.1, 0.15) is 0 Å². The summed E-state index contributed by atoms with van der Waals surface area (Å²) in [6.45, 7) is 0.925. The minimum Gasteiger partial charge on any atom is -0.479 e. The number of nitrogens with one attached hydrogen (secondary N) is 1. The van der Waals surface area contributed by atoms with Gasteiger partial charge in [0.25, 0.3) is 0 Å². The molecule has 0 bridgehead atoms. The standard InChI is InChI=1S/C13H15NO4/c15-12(10-6-7-18-8-10)14-11(13(16)17)9-4-2-1-3-5-9/h1-5,10-11H,6-8H2,(H,14,15)(H,16,17). The molecule has 96 valence electrons. The second-order valence-electron chi connectivity index (χ2n) is 4.25. The first-order valence-corrected chi connectivity index (χ1v) is 5.84. The van der Waals surface area contributed by atoms with Crippen LogP contribution in [0.25, 0.3) is 0 Å². The van der Waals surface area contributed by atoms with Crippen LogP contribution in [0.4, 0.5) is 0 Å². The molecule has 1 aromatic rings. The zero-order chi connectivity index (χ0) is 13.0. The number of hydrogen-bond donors (Lipinski definition) is 2. The second kappa shape index (κ2) is 5.64. The maximum absolute atomic E-state index is 11.9. The molecule has 18 heavy (non-hydrogen) atoms. The van der Waals surface area contributed by atoms with Crippen LogP contribution in [0.15, 0.2) is 30.3 Å². The number of benzene rings is 1. The fourth-order valence-electron chi connectivity index (χ4n) is 1.93. The van der Waals surface area contributed by atoms with Gasteiger partial charge in [-0.3, -0.25) is 4.79 Å². The summed E-state index contributed by atoms with van der Waals surface area (Å²) in [6.07, 6.45) is 0.646. The van der Waals surface area contributed by atoms with Crippen LogP contribution in [0, 0.1) is 5.92 Å². The van der Waals surface area contributed by atoms with Crippen molar-refractivity contribution < 1.29 is 19.4 Å². The summed E-state index contributed by atoms with van der Waals surface area (Å²) in [7, 11) is 0. The molecule has 1 aliphatic heterocycles. The minimum atomic E-state index is -1.06. The lowest BCUT2D eigenvalue weighted by molar-refractivity contribution is -0.142. The van der Waals surface area contributed by atoms with E-state index in [1.807, 2.05) is 0 Å². The fourth-order valence-corrected chi connectivity index (χ4v) is 1.93. The molecule has 0 aliphatic carbocycles. The van der Waals surface area contributed by atoms with Crippen molar-refractivity contribution >= 4 is 11.9 Å². The van der Waals surface area contributed by atoms with Crippen LogP contribution in [0.2, 0.25) is 0 Å². The lowest BCUT2D eigenvalue weighted by Crippen LogP contribution is -2.37. The Morgan fingerprint density at radius 2 is 2.06 bits per heavy atom. The van der Waals surface area contributed by atoms with E-state index in [2.05, 4.69) is 5.32 Å². The van der Waals surface area contributed by atoms with Crippen LogP contribution in [0.1, 0.15) is 18.0 Å². The van der Waals surface area contributed by atoms with Gasteiger partial charge in [0.05, 0.1) is 12.5 Å². The molecule has 0 aromatic heterocycles. The van der Waals surface area contributed by atoms with Crippen LogP contribution < -0.4 is 5.32 Å². The van der Waals surface area contributed by atoms with E-state index >= 15 is 0 Å². The van der Waals surface area contributed by atoms with Gasteiger partial charge in [0, 0.05) is 6.61 Å². The van der Waals surface area contributed by atoms with Crippen LogP contribution in [-0.4, -0.2) is 30.2 Å². The van der Waals surface area contributed by atoms with E-state index in [1.54, 1.807) is 30.3 Å². The average Bonchev–Trinajstić information content (AvgIpc) is 2.90. The molecule has 0 radical (unpaired) electrons. The number of rotatable bonds is 4. The fraction of sp³-hybridized carbons (Fsp3) is 0.385. The molecule has 2 N–H and O–H groups in total. The SMILES string of the molecule is O=C(NC(C(=O)O)c1ccccc1)C1CCOC1. The van der Waals surface area contributed by atoms with E-state index in [1.165, 1.54) is 0 Å². The Kier molecular flexibility index (Phi) is 3.94. The summed E-state index contributed by atoms with van der Waals surface area (Å²) < 4.78 is 5.12. The molecule has 5 heteroatoms. The molecule has 1 aromatic carbocycles. The highest BCUT2D eigenvalue weighted by atomic mass is 16.5. The van der Waals surface area contributed by atoms with Gasteiger partial charge < -0.3 is 15.2 Å². The molecule has 1 saturated heterocycles. The summed E-state index contributed by atoms with van der Waals surface area (Å²) in [5.74, 6) is -1.56. The van der Waals surface area contributed by atoms with Gasteiger partial charge in [-0.2, -0.15) is 0 Å². The summed E-state index contributed by atoms with van der Waals surface area (Å²) in [4.78, 5) is 23.1. The molecular weight excluding hydrogens is 234 g/mol.